The van der Waals surface area contributed by atoms with Crippen molar-refractivity contribution >= 4 is 0 Å². The minimum atomic E-state index is 0.768. The van der Waals surface area contributed by atoms with E-state index in [-0.39, 0.29) is 0 Å². The fraction of sp³-hybridized carbons (Fsp3) is 0.613. The molecule has 0 bridgehead atoms. The maximum Gasteiger partial charge on any atom is 0.119 e. The van der Waals surface area contributed by atoms with Crippen molar-refractivity contribution in [1.82, 2.24) is 0 Å². The Labute approximate surface area is 198 Å². The molecular formula is C31H46O. The first-order valence-electron chi connectivity index (χ1n) is 13.6. The molecule has 1 fully saturated rings. The largest absolute Gasteiger partial charge is 0.494 e. The first kappa shape index (κ1) is 24.9. The molecule has 1 aliphatic carbocycles. The number of benzene rings is 2. The van der Waals surface area contributed by atoms with E-state index in [4.69, 9.17) is 4.74 Å². The Morgan fingerprint density at radius 1 is 0.625 bits per heavy atom. The van der Waals surface area contributed by atoms with Crippen LogP contribution in [0.2, 0.25) is 0 Å². The fourth-order valence-electron chi connectivity index (χ4n) is 5.31. The molecule has 32 heavy (non-hydrogen) atoms. The van der Waals surface area contributed by atoms with E-state index >= 15 is 0 Å². The van der Waals surface area contributed by atoms with Gasteiger partial charge in [-0.1, -0.05) is 108 Å². The molecule has 0 heterocycles. The van der Waals surface area contributed by atoms with E-state index in [1.165, 1.54) is 100 Å². The van der Waals surface area contributed by atoms with Gasteiger partial charge in [0.05, 0.1) is 6.61 Å². The van der Waals surface area contributed by atoms with Crippen molar-refractivity contribution < 1.29 is 4.74 Å². The van der Waals surface area contributed by atoms with Crippen LogP contribution in [0, 0.1) is 5.92 Å². The summed E-state index contributed by atoms with van der Waals surface area (Å²) in [5, 5.41) is 0. The Kier molecular flexibility index (Phi) is 11.2. The molecule has 0 saturated heterocycles. The predicted octanol–water partition coefficient (Wildman–Crippen LogP) is 9.95. The van der Waals surface area contributed by atoms with Crippen LogP contribution in [0.25, 0.3) is 11.1 Å². The number of hydrogen-bond acceptors (Lipinski definition) is 1. The van der Waals surface area contributed by atoms with Crippen LogP contribution in [0.1, 0.15) is 115 Å². The van der Waals surface area contributed by atoms with E-state index in [0.29, 0.717) is 0 Å². The van der Waals surface area contributed by atoms with Gasteiger partial charge < -0.3 is 4.74 Å². The SMILES string of the molecule is CCCCCCCCCCOc1ccc(-c2ccc(C3CCC(CCC)CC3)cc2)cc1. The highest BCUT2D eigenvalue weighted by Gasteiger charge is 2.21. The molecule has 3 rings (SSSR count). The van der Waals surface area contributed by atoms with Gasteiger partial charge in [-0.3, -0.25) is 0 Å². The Morgan fingerprint density at radius 3 is 1.78 bits per heavy atom. The highest BCUT2D eigenvalue weighted by Crippen LogP contribution is 2.38. The monoisotopic (exact) mass is 434 g/mol. The van der Waals surface area contributed by atoms with Gasteiger partial charge in [0.1, 0.15) is 5.75 Å². The Morgan fingerprint density at radius 2 is 1.19 bits per heavy atom. The molecule has 0 spiro atoms. The predicted molar refractivity (Wildman–Crippen MR) is 140 cm³/mol. The van der Waals surface area contributed by atoms with Gasteiger partial charge in [-0.05, 0) is 72.8 Å². The van der Waals surface area contributed by atoms with Gasteiger partial charge in [0.15, 0.2) is 0 Å². The molecule has 0 radical (unpaired) electrons. The standard InChI is InChI=1S/C31H46O/c1-3-5-6-7-8-9-10-11-25-32-31-23-21-30(22-24-31)29-19-17-28(18-20-29)27-15-13-26(12-4-2)14-16-27/h17-24,26-27H,3-16,25H2,1-2H3. The normalized spacial score (nSPS) is 18.6. The quantitative estimate of drug-likeness (QED) is 0.269. The molecule has 0 atom stereocenters. The van der Waals surface area contributed by atoms with Crippen LogP contribution in [0.5, 0.6) is 5.75 Å². The number of hydrogen-bond donors (Lipinski definition) is 0. The van der Waals surface area contributed by atoms with Crippen LogP contribution in [0.4, 0.5) is 0 Å². The molecule has 1 heteroatoms. The van der Waals surface area contributed by atoms with Crippen LogP contribution in [-0.4, -0.2) is 6.61 Å². The van der Waals surface area contributed by atoms with Gasteiger partial charge in [-0.15, -0.1) is 0 Å². The molecule has 0 unspecified atom stereocenters. The fourth-order valence-corrected chi connectivity index (χ4v) is 5.31. The molecule has 1 nitrogen and oxygen atoms in total. The third-order valence-corrected chi connectivity index (χ3v) is 7.38. The molecule has 1 aliphatic rings. The van der Waals surface area contributed by atoms with E-state index in [9.17, 15) is 0 Å². The summed E-state index contributed by atoms with van der Waals surface area (Å²) < 4.78 is 5.97. The van der Waals surface area contributed by atoms with E-state index in [1.807, 2.05) is 0 Å². The molecule has 1 saturated carbocycles. The summed E-state index contributed by atoms with van der Waals surface area (Å²) in [5.74, 6) is 2.74. The van der Waals surface area contributed by atoms with Crippen molar-refractivity contribution in [1.29, 1.82) is 0 Å². The molecule has 0 aromatic heterocycles. The highest BCUT2D eigenvalue weighted by atomic mass is 16.5. The molecule has 2 aromatic rings. The van der Waals surface area contributed by atoms with Gasteiger partial charge in [0.2, 0.25) is 0 Å². The molecular weight excluding hydrogens is 388 g/mol. The number of rotatable bonds is 14. The van der Waals surface area contributed by atoms with E-state index in [2.05, 4.69) is 62.4 Å². The zero-order valence-electron chi connectivity index (χ0n) is 20.8. The summed E-state index contributed by atoms with van der Waals surface area (Å²) in [6.45, 7) is 5.43. The Balaban J connectivity index is 1.37. The second-order valence-corrected chi connectivity index (χ2v) is 9.98. The van der Waals surface area contributed by atoms with Crippen LogP contribution in [0.3, 0.4) is 0 Å². The van der Waals surface area contributed by atoms with Gasteiger partial charge in [-0.2, -0.15) is 0 Å². The van der Waals surface area contributed by atoms with Gasteiger partial charge in [0.25, 0.3) is 0 Å². The number of ether oxygens (including phenoxy) is 1. The lowest BCUT2D eigenvalue weighted by Crippen LogP contribution is -2.13. The number of unbranched alkanes of at least 4 members (excludes halogenated alkanes) is 7. The van der Waals surface area contributed by atoms with Gasteiger partial charge >= 0.3 is 0 Å². The smallest absolute Gasteiger partial charge is 0.119 e. The summed E-state index contributed by atoms with van der Waals surface area (Å²) in [4.78, 5) is 0. The highest BCUT2D eigenvalue weighted by molar-refractivity contribution is 5.64. The van der Waals surface area contributed by atoms with Crippen LogP contribution >= 0.6 is 0 Å². The third-order valence-electron chi connectivity index (χ3n) is 7.38. The Bertz CT molecular complexity index is 722. The zero-order valence-corrected chi connectivity index (χ0v) is 20.8. The minimum absolute atomic E-state index is 0.768. The van der Waals surface area contributed by atoms with E-state index < -0.39 is 0 Å². The summed E-state index contributed by atoms with van der Waals surface area (Å²) in [6, 6.07) is 18.0. The lowest BCUT2D eigenvalue weighted by atomic mass is 9.77. The molecule has 176 valence electrons. The van der Waals surface area contributed by atoms with Crippen LogP contribution in [-0.2, 0) is 0 Å². The molecule has 0 aliphatic heterocycles. The first-order valence-corrected chi connectivity index (χ1v) is 13.6. The van der Waals surface area contributed by atoms with Gasteiger partial charge in [0, 0.05) is 0 Å². The maximum absolute atomic E-state index is 5.97. The van der Waals surface area contributed by atoms with Crippen LogP contribution in [0.15, 0.2) is 48.5 Å². The van der Waals surface area contributed by atoms with Crippen molar-refractivity contribution in [2.45, 2.75) is 110 Å². The second-order valence-electron chi connectivity index (χ2n) is 9.98. The third kappa shape index (κ3) is 8.30. The van der Waals surface area contributed by atoms with Crippen molar-refractivity contribution in [2.75, 3.05) is 6.61 Å². The second kappa shape index (κ2) is 14.4. The summed E-state index contributed by atoms with van der Waals surface area (Å²) in [5.41, 5.74) is 4.12. The van der Waals surface area contributed by atoms with Crippen molar-refractivity contribution in [3.63, 3.8) is 0 Å². The average molecular weight is 435 g/mol. The molecule has 2 aromatic carbocycles. The molecule has 0 amide bonds. The average Bonchev–Trinajstić information content (AvgIpc) is 2.84. The van der Waals surface area contributed by atoms with Crippen molar-refractivity contribution in [2.24, 2.45) is 5.92 Å². The zero-order chi connectivity index (χ0) is 22.4. The maximum atomic E-state index is 5.97. The summed E-state index contributed by atoms with van der Waals surface area (Å²) in [7, 11) is 0. The molecule has 0 N–H and O–H groups in total. The lowest BCUT2D eigenvalue weighted by molar-refractivity contribution is 0.304. The Hall–Kier alpha value is -1.76. The summed E-state index contributed by atoms with van der Waals surface area (Å²) >= 11 is 0. The van der Waals surface area contributed by atoms with Crippen LogP contribution < -0.4 is 4.74 Å². The minimum Gasteiger partial charge on any atom is -0.494 e. The van der Waals surface area contributed by atoms with E-state index in [0.717, 1.165) is 30.6 Å². The first-order chi connectivity index (χ1) is 15.8. The van der Waals surface area contributed by atoms with Gasteiger partial charge in [-0.25, -0.2) is 0 Å². The van der Waals surface area contributed by atoms with Crippen molar-refractivity contribution in [3.8, 4) is 16.9 Å². The lowest BCUT2D eigenvalue weighted by Gasteiger charge is -2.28. The van der Waals surface area contributed by atoms with Crippen molar-refractivity contribution in [3.05, 3.63) is 54.1 Å². The summed E-state index contributed by atoms with van der Waals surface area (Å²) in [6.07, 6.45) is 19.0. The topological polar surface area (TPSA) is 9.23 Å². The van der Waals surface area contributed by atoms with E-state index in [1.54, 1.807) is 0 Å².